The van der Waals surface area contributed by atoms with Crippen molar-refractivity contribution in [2.45, 2.75) is 12.8 Å². The number of pyridine rings is 1. The average molecular weight is 295 g/mol. The van der Waals surface area contributed by atoms with Crippen LogP contribution in [-0.2, 0) is 9.59 Å². The normalized spacial score (nSPS) is 23.9. The molecule has 2 amide bonds. The molecule has 0 unspecified atom stereocenters. The van der Waals surface area contributed by atoms with E-state index in [2.05, 4.69) is 20.2 Å². The molecule has 0 aromatic carbocycles. The molecule has 1 aliphatic carbocycles. The maximum Gasteiger partial charge on any atom is 0.258 e. The lowest BCUT2D eigenvalue weighted by Crippen LogP contribution is -2.31. The first-order chi connectivity index (χ1) is 10.8. The molecule has 1 aliphatic heterocycles. The highest BCUT2D eigenvalue weighted by atomic mass is 16.2. The number of fused-ring (bicyclic) bond motifs is 1. The van der Waals surface area contributed by atoms with Crippen molar-refractivity contribution in [3.63, 3.8) is 0 Å². The number of rotatable bonds is 2. The molecule has 0 spiro atoms. The minimum Gasteiger partial charge on any atom is -0.274 e. The smallest absolute Gasteiger partial charge is 0.258 e. The molecule has 1 N–H and O–H groups in total. The Hall–Kier alpha value is -2.83. The molecule has 7 heteroatoms. The zero-order valence-corrected chi connectivity index (χ0v) is 11.6. The molecule has 110 valence electrons. The van der Waals surface area contributed by atoms with Gasteiger partial charge in [0.05, 0.1) is 11.8 Å². The van der Waals surface area contributed by atoms with Gasteiger partial charge in [0.2, 0.25) is 11.8 Å². The highest BCUT2D eigenvalue weighted by Crippen LogP contribution is 2.36. The molecular formula is C15H13N5O2. The summed E-state index contributed by atoms with van der Waals surface area (Å²) in [6.07, 6.45) is 8.41. The van der Waals surface area contributed by atoms with Crippen LogP contribution in [0.3, 0.4) is 0 Å². The predicted molar refractivity (Wildman–Crippen MR) is 77.5 cm³/mol. The van der Waals surface area contributed by atoms with E-state index in [1.165, 1.54) is 0 Å². The summed E-state index contributed by atoms with van der Waals surface area (Å²) in [5.74, 6) is -0.386. The van der Waals surface area contributed by atoms with E-state index in [4.69, 9.17) is 0 Å². The van der Waals surface area contributed by atoms with Gasteiger partial charge in [-0.05, 0) is 25.0 Å². The largest absolute Gasteiger partial charge is 0.274 e. The fourth-order valence-corrected chi connectivity index (χ4v) is 2.98. The minimum atomic E-state index is -0.280. The van der Waals surface area contributed by atoms with E-state index in [-0.39, 0.29) is 29.6 Å². The van der Waals surface area contributed by atoms with E-state index in [1.54, 1.807) is 18.5 Å². The van der Waals surface area contributed by atoms with Crippen molar-refractivity contribution < 1.29 is 9.59 Å². The van der Waals surface area contributed by atoms with Gasteiger partial charge in [-0.3, -0.25) is 19.7 Å². The summed E-state index contributed by atoms with van der Waals surface area (Å²) in [6.45, 7) is 0. The second-order valence-corrected chi connectivity index (χ2v) is 5.39. The maximum atomic E-state index is 12.5. The number of hydrogen-bond donors (Lipinski definition) is 1. The lowest BCUT2D eigenvalue weighted by Gasteiger charge is -2.14. The molecule has 1 fully saturated rings. The van der Waals surface area contributed by atoms with E-state index >= 15 is 0 Å². The van der Waals surface area contributed by atoms with Crippen LogP contribution in [0.4, 0.5) is 5.95 Å². The van der Waals surface area contributed by atoms with Gasteiger partial charge in [-0.15, -0.1) is 5.10 Å². The van der Waals surface area contributed by atoms with Crippen molar-refractivity contribution in [3.8, 4) is 11.4 Å². The first-order valence-electron chi connectivity index (χ1n) is 7.11. The number of amides is 2. The Morgan fingerprint density at radius 2 is 1.86 bits per heavy atom. The standard InChI is InChI=1S/C15H13N5O2/c21-13-10-5-1-2-6-11(10)14(22)20(13)15-17-12(18-19-15)9-4-3-7-16-8-9/h1-4,7-8,10-11H,5-6H2,(H,17,18,19)/t10-,11-/m0/s1. The highest BCUT2D eigenvalue weighted by molar-refractivity contribution is 6.21. The first kappa shape index (κ1) is 12.9. The number of aromatic amines is 1. The lowest BCUT2D eigenvalue weighted by atomic mass is 9.85. The van der Waals surface area contributed by atoms with Gasteiger partial charge in [-0.2, -0.15) is 4.98 Å². The van der Waals surface area contributed by atoms with Gasteiger partial charge in [0.15, 0.2) is 5.82 Å². The molecule has 1 saturated heterocycles. The van der Waals surface area contributed by atoms with Gasteiger partial charge in [0.1, 0.15) is 0 Å². The number of nitrogens with zero attached hydrogens (tertiary/aromatic N) is 4. The average Bonchev–Trinajstić information content (AvgIpc) is 3.13. The van der Waals surface area contributed by atoms with Gasteiger partial charge in [-0.25, -0.2) is 4.90 Å². The third-order valence-corrected chi connectivity index (χ3v) is 4.12. The van der Waals surface area contributed by atoms with Crippen LogP contribution in [0, 0.1) is 11.8 Å². The SMILES string of the molecule is O=C1[C@H]2CC=CC[C@@H]2C(=O)N1c1n[nH]c(-c2cccnc2)n1. The monoisotopic (exact) mass is 295 g/mol. The van der Waals surface area contributed by atoms with Crippen molar-refractivity contribution in [1.29, 1.82) is 0 Å². The molecule has 3 heterocycles. The van der Waals surface area contributed by atoms with E-state index in [1.807, 2.05) is 18.2 Å². The topological polar surface area (TPSA) is 91.8 Å². The van der Waals surface area contributed by atoms with Crippen molar-refractivity contribution >= 4 is 17.8 Å². The number of hydrogen-bond acceptors (Lipinski definition) is 5. The second-order valence-electron chi connectivity index (χ2n) is 5.39. The van der Waals surface area contributed by atoms with Crippen LogP contribution in [0.25, 0.3) is 11.4 Å². The van der Waals surface area contributed by atoms with Crippen molar-refractivity contribution in [2.75, 3.05) is 4.90 Å². The maximum absolute atomic E-state index is 12.5. The van der Waals surface area contributed by atoms with E-state index in [0.717, 1.165) is 10.5 Å². The Morgan fingerprint density at radius 1 is 1.14 bits per heavy atom. The molecule has 2 aliphatic rings. The van der Waals surface area contributed by atoms with Crippen LogP contribution in [-0.4, -0.2) is 32.0 Å². The summed E-state index contributed by atoms with van der Waals surface area (Å²) in [5.41, 5.74) is 0.749. The van der Waals surface area contributed by atoms with Gasteiger partial charge < -0.3 is 0 Å². The summed E-state index contributed by atoms with van der Waals surface area (Å²) in [7, 11) is 0. The van der Waals surface area contributed by atoms with Crippen LogP contribution in [0.1, 0.15) is 12.8 Å². The first-order valence-corrected chi connectivity index (χ1v) is 7.11. The van der Waals surface area contributed by atoms with Crippen LogP contribution in [0.15, 0.2) is 36.7 Å². The molecule has 4 rings (SSSR count). The van der Waals surface area contributed by atoms with E-state index < -0.39 is 0 Å². The summed E-state index contributed by atoms with van der Waals surface area (Å²) in [4.78, 5) is 34.3. The Morgan fingerprint density at radius 3 is 2.50 bits per heavy atom. The number of nitrogens with one attached hydrogen (secondary N) is 1. The Bertz CT molecular complexity index is 741. The van der Waals surface area contributed by atoms with Crippen molar-refractivity contribution in [3.05, 3.63) is 36.7 Å². The Kier molecular flexibility index (Phi) is 2.85. The quantitative estimate of drug-likeness (QED) is 0.666. The number of anilines is 1. The van der Waals surface area contributed by atoms with Crippen molar-refractivity contribution in [1.82, 2.24) is 20.2 Å². The zero-order valence-electron chi connectivity index (χ0n) is 11.6. The summed E-state index contributed by atoms with van der Waals surface area (Å²) in [5, 5.41) is 6.79. The number of carbonyl (C=O) groups is 2. The lowest BCUT2D eigenvalue weighted by molar-refractivity contribution is -0.122. The van der Waals surface area contributed by atoms with Crippen LogP contribution < -0.4 is 4.90 Å². The minimum absolute atomic E-state index is 0.114. The Balaban J connectivity index is 1.67. The highest BCUT2D eigenvalue weighted by Gasteiger charge is 2.49. The van der Waals surface area contributed by atoms with Gasteiger partial charge in [0, 0.05) is 18.0 Å². The summed E-state index contributed by atoms with van der Waals surface area (Å²) < 4.78 is 0. The molecule has 2 atom stereocenters. The van der Waals surface area contributed by atoms with Gasteiger partial charge >= 0.3 is 0 Å². The number of aromatic nitrogens is 4. The van der Waals surface area contributed by atoms with Gasteiger partial charge in [-0.1, -0.05) is 12.2 Å². The summed E-state index contributed by atoms with van der Waals surface area (Å²) in [6, 6.07) is 3.61. The molecule has 0 bridgehead atoms. The molecule has 2 aromatic heterocycles. The number of imide groups is 1. The van der Waals surface area contributed by atoms with Gasteiger partial charge in [0.25, 0.3) is 5.95 Å². The van der Waals surface area contributed by atoms with E-state index in [0.29, 0.717) is 18.7 Å². The third-order valence-electron chi connectivity index (χ3n) is 4.12. The third kappa shape index (κ3) is 1.86. The molecule has 0 radical (unpaired) electrons. The molecule has 7 nitrogen and oxygen atoms in total. The number of carbonyl (C=O) groups excluding carboxylic acids is 2. The van der Waals surface area contributed by atoms with Crippen LogP contribution in [0.5, 0.6) is 0 Å². The van der Waals surface area contributed by atoms with E-state index in [9.17, 15) is 9.59 Å². The van der Waals surface area contributed by atoms with Crippen LogP contribution in [0.2, 0.25) is 0 Å². The summed E-state index contributed by atoms with van der Waals surface area (Å²) >= 11 is 0. The zero-order chi connectivity index (χ0) is 15.1. The molecule has 2 aromatic rings. The number of H-pyrrole nitrogens is 1. The molecule has 22 heavy (non-hydrogen) atoms. The number of allylic oxidation sites excluding steroid dienone is 2. The Labute approximate surface area is 126 Å². The fourth-order valence-electron chi connectivity index (χ4n) is 2.98. The molecule has 0 saturated carbocycles. The van der Waals surface area contributed by atoms with Crippen molar-refractivity contribution in [2.24, 2.45) is 11.8 Å². The fraction of sp³-hybridized carbons (Fsp3) is 0.267. The predicted octanol–water partition coefficient (Wildman–Crippen LogP) is 1.32. The second kappa shape index (κ2) is 4.87. The molecular weight excluding hydrogens is 282 g/mol. The van der Waals surface area contributed by atoms with Crippen LogP contribution >= 0.6 is 0 Å².